The standard InChI is InChI=1S/C16H25FN4O2/c1-9(2)15(18)16(23)19-8-14(22)21-12-6-5-11(17)7-13(12)20-10(3)4/h5-7,9-10,15,20H,8,18H2,1-4H3,(H,19,23)(H,21,22)/t15-/m0/s1. The first-order valence-corrected chi connectivity index (χ1v) is 7.60. The van der Waals surface area contributed by atoms with E-state index in [-0.39, 0.29) is 24.4 Å². The molecule has 0 fully saturated rings. The smallest absolute Gasteiger partial charge is 0.243 e. The van der Waals surface area contributed by atoms with E-state index in [0.717, 1.165) is 0 Å². The minimum atomic E-state index is -0.660. The van der Waals surface area contributed by atoms with Crippen LogP contribution in [-0.4, -0.2) is 30.4 Å². The predicted octanol–water partition coefficient (Wildman–Crippen LogP) is 1.68. The molecule has 2 amide bonds. The molecular formula is C16H25FN4O2. The van der Waals surface area contributed by atoms with Crippen molar-refractivity contribution in [1.29, 1.82) is 0 Å². The van der Waals surface area contributed by atoms with Gasteiger partial charge in [-0.25, -0.2) is 4.39 Å². The number of hydrogen-bond donors (Lipinski definition) is 4. The van der Waals surface area contributed by atoms with Crippen molar-refractivity contribution in [3.8, 4) is 0 Å². The van der Waals surface area contributed by atoms with Crippen molar-refractivity contribution in [1.82, 2.24) is 5.32 Å². The quantitative estimate of drug-likeness (QED) is 0.613. The Kier molecular flexibility index (Phi) is 6.96. The average molecular weight is 324 g/mol. The Morgan fingerprint density at radius 1 is 1.17 bits per heavy atom. The molecule has 5 N–H and O–H groups in total. The van der Waals surface area contributed by atoms with Crippen molar-refractivity contribution in [2.75, 3.05) is 17.2 Å². The lowest BCUT2D eigenvalue weighted by atomic mass is 10.1. The molecule has 0 heterocycles. The normalized spacial score (nSPS) is 12.2. The minimum Gasteiger partial charge on any atom is -0.381 e. The van der Waals surface area contributed by atoms with Gasteiger partial charge in [-0.2, -0.15) is 0 Å². The predicted molar refractivity (Wildman–Crippen MR) is 89.6 cm³/mol. The van der Waals surface area contributed by atoms with Crippen LogP contribution in [0.15, 0.2) is 18.2 Å². The molecule has 0 aromatic heterocycles. The van der Waals surface area contributed by atoms with Gasteiger partial charge >= 0.3 is 0 Å². The van der Waals surface area contributed by atoms with Gasteiger partial charge in [-0.05, 0) is 38.0 Å². The van der Waals surface area contributed by atoms with E-state index in [1.807, 2.05) is 27.7 Å². The number of carbonyl (C=O) groups excluding carboxylic acids is 2. The molecule has 7 heteroatoms. The van der Waals surface area contributed by atoms with Gasteiger partial charge in [0.1, 0.15) is 5.82 Å². The molecule has 1 atom stereocenters. The molecule has 1 aromatic rings. The molecular weight excluding hydrogens is 299 g/mol. The van der Waals surface area contributed by atoms with Crippen molar-refractivity contribution in [3.63, 3.8) is 0 Å². The van der Waals surface area contributed by atoms with E-state index in [4.69, 9.17) is 5.73 Å². The number of benzene rings is 1. The van der Waals surface area contributed by atoms with E-state index >= 15 is 0 Å². The molecule has 6 nitrogen and oxygen atoms in total. The summed E-state index contributed by atoms with van der Waals surface area (Å²) in [7, 11) is 0. The number of carbonyl (C=O) groups is 2. The summed E-state index contributed by atoms with van der Waals surface area (Å²) in [6, 6.07) is 3.46. The summed E-state index contributed by atoms with van der Waals surface area (Å²) in [6.07, 6.45) is 0. The third-order valence-corrected chi connectivity index (χ3v) is 3.14. The Balaban J connectivity index is 2.65. The Labute approximate surface area is 136 Å². The molecule has 0 saturated heterocycles. The summed E-state index contributed by atoms with van der Waals surface area (Å²) in [4.78, 5) is 23.7. The topological polar surface area (TPSA) is 96.2 Å². The van der Waals surface area contributed by atoms with Gasteiger partial charge in [-0.15, -0.1) is 0 Å². The third-order valence-electron chi connectivity index (χ3n) is 3.14. The Morgan fingerprint density at radius 3 is 2.39 bits per heavy atom. The van der Waals surface area contributed by atoms with Gasteiger partial charge in [0.15, 0.2) is 0 Å². The van der Waals surface area contributed by atoms with Crippen molar-refractivity contribution in [3.05, 3.63) is 24.0 Å². The van der Waals surface area contributed by atoms with E-state index < -0.39 is 17.8 Å². The van der Waals surface area contributed by atoms with Crippen molar-refractivity contribution >= 4 is 23.2 Å². The molecule has 0 radical (unpaired) electrons. The molecule has 0 aliphatic heterocycles. The largest absolute Gasteiger partial charge is 0.381 e. The molecule has 1 aromatic carbocycles. The maximum absolute atomic E-state index is 13.3. The highest BCUT2D eigenvalue weighted by molar-refractivity contribution is 5.97. The third kappa shape index (κ3) is 6.23. The zero-order chi connectivity index (χ0) is 17.6. The highest BCUT2D eigenvalue weighted by Crippen LogP contribution is 2.23. The Morgan fingerprint density at radius 2 is 1.83 bits per heavy atom. The van der Waals surface area contributed by atoms with Gasteiger partial charge in [0.2, 0.25) is 11.8 Å². The van der Waals surface area contributed by atoms with Crippen LogP contribution in [0.4, 0.5) is 15.8 Å². The van der Waals surface area contributed by atoms with Crippen LogP contribution in [0.5, 0.6) is 0 Å². The lowest BCUT2D eigenvalue weighted by Crippen LogP contribution is -2.46. The second kappa shape index (κ2) is 8.47. The van der Waals surface area contributed by atoms with E-state index in [2.05, 4.69) is 16.0 Å². The maximum atomic E-state index is 13.3. The van der Waals surface area contributed by atoms with Gasteiger partial charge in [0.05, 0.1) is 24.0 Å². The van der Waals surface area contributed by atoms with Crippen LogP contribution in [0.2, 0.25) is 0 Å². The van der Waals surface area contributed by atoms with Crippen molar-refractivity contribution in [2.45, 2.75) is 39.8 Å². The zero-order valence-electron chi connectivity index (χ0n) is 13.9. The van der Waals surface area contributed by atoms with Crippen LogP contribution in [0.25, 0.3) is 0 Å². The molecule has 0 bridgehead atoms. The molecule has 128 valence electrons. The number of halogens is 1. The van der Waals surface area contributed by atoms with E-state index in [1.165, 1.54) is 18.2 Å². The summed E-state index contributed by atoms with van der Waals surface area (Å²) in [5.41, 5.74) is 6.64. The van der Waals surface area contributed by atoms with E-state index in [0.29, 0.717) is 11.4 Å². The first kappa shape index (κ1) is 18.9. The molecule has 0 spiro atoms. The van der Waals surface area contributed by atoms with E-state index in [9.17, 15) is 14.0 Å². The average Bonchev–Trinajstić information content (AvgIpc) is 2.46. The van der Waals surface area contributed by atoms with Crippen molar-refractivity contribution in [2.24, 2.45) is 11.7 Å². The fraction of sp³-hybridized carbons (Fsp3) is 0.500. The Bertz CT molecular complexity index is 561. The zero-order valence-corrected chi connectivity index (χ0v) is 13.9. The lowest BCUT2D eigenvalue weighted by molar-refractivity contribution is -0.125. The number of rotatable bonds is 7. The number of nitrogens with two attached hydrogens (primary N) is 1. The number of hydrogen-bond acceptors (Lipinski definition) is 4. The highest BCUT2D eigenvalue weighted by Gasteiger charge is 2.18. The molecule has 0 saturated carbocycles. The van der Waals surface area contributed by atoms with Crippen LogP contribution in [0.1, 0.15) is 27.7 Å². The molecule has 23 heavy (non-hydrogen) atoms. The second-order valence-electron chi connectivity index (χ2n) is 6.02. The molecule has 0 unspecified atom stereocenters. The van der Waals surface area contributed by atoms with Crippen molar-refractivity contribution < 1.29 is 14.0 Å². The van der Waals surface area contributed by atoms with Gasteiger partial charge < -0.3 is 21.7 Å². The molecule has 0 aliphatic carbocycles. The summed E-state index contributed by atoms with van der Waals surface area (Å²) in [6.45, 7) is 7.27. The van der Waals surface area contributed by atoms with E-state index in [1.54, 1.807) is 0 Å². The van der Waals surface area contributed by atoms with Gasteiger partial charge in [-0.3, -0.25) is 9.59 Å². The lowest BCUT2D eigenvalue weighted by Gasteiger charge is -2.17. The van der Waals surface area contributed by atoms with Crippen LogP contribution in [0.3, 0.4) is 0 Å². The van der Waals surface area contributed by atoms with Gasteiger partial charge in [0.25, 0.3) is 0 Å². The summed E-state index contributed by atoms with van der Waals surface area (Å²) >= 11 is 0. The Hall–Kier alpha value is -2.15. The summed E-state index contributed by atoms with van der Waals surface area (Å²) in [5.74, 6) is -1.21. The first-order valence-electron chi connectivity index (χ1n) is 7.60. The highest BCUT2D eigenvalue weighted by atomic mass is 19.1. The van der Waals surface area contributed by atoms with Crippen LogP contribution < -0.4 is 21.7 Å². The summed E-state index contributed by atoms with van der Waals surface area (Å²) < 4.78 is 13.3. The minimum absolute atomic E-state index is 0.0167. The summed E-state index contributed by atoms with van der Waals surface area (Å²) in [5, 5.41) is 8.18. The van der Waals surface area contributed by atoms with Crippen LogP contribution >= 0.6 is 0 Å². The SMILES string of the molecule is CC(C)Nc1cc(F)ccc1NC(=O)CNC(=O)[C@@H](N)C(C)C. The van der Waals surface area contributed by atoms with Crippen LogP contribution in [0, 0.1) is 11.7 Å². The van der Waals surface area contributed by atoms with Gasteiger partial charge in [0, 0.05) is 6.04 Å². The fourth-order valence-corrected chi connectivity index (χ4v) is 1.84. The van der Waals surface area contributed by atoms with Gasteiger partial charge in [-0.1, -0.05) is 13.8 Å². The first-order chi connectivity index (χ1) is 10.7. The fourth-order valence-electron chi connectivity index (χ4n) is 1.84. The number of nitrogens with one attached hydrogen (secondary N) is 3. The second-order valence-corrected chi connectivity index (χ2v) is 6.02. The number of amides is 2. The monoisotopic (exact) mass is 324 g/mol. The molecule has 1 rings (SSSR count). The van der Waals surface area contributed by atoms with Crippen LogP contribution in [-0.2, 0) is 9.59 Å². The maximum Gasteiger partial charge on any atom is 0.243 e. The number of anilines is 2. The molecule has 0 aliphatic rings.